The van der Waals surface area contributed by atoms with Gasteiger partial charge in [-0.2, -0.15) is 0 Å². The maximum Gasteiger partial charge on any atom is 0.213 e. The van der Waals surface area contributed by atoms with Gasteiger partial charge in [0.1, 0.15) is 16.8 Å². The van der Waals surface area contributed by atoms with Gasteiger partial charge in [0, 0.05) is 30.9 Å². The minimum absolute atomic E-state index is 0.112. The van der Waals surface area contributed by atoms with E-state index in [9.17, 15) is 0 Å². The van der Waals surface area contributed by atoms with E-state index in [1.54, 1.807) is 6.20 Å². The van der Waals surface area contributed by atoms with Gasteiger partial charge in [-0.1, -0.05) is 11.6 Å². The summed E-state index contributed by atoms with van der Waals surface area (Å²) < 4.78 is 5.68. The van der Waals surface area contributed by atoms with Gasteiger partial charge in [0.25, 0.3) is 0 Å². The summed E-state index contributed by atoms with van der Waals surface area (Å²) in [6.45, 7) is 6.61. The molecule has 1 aliphatic carbocycles. The Hall–Kier alpha value is -1.88. The first-order chi connectivity index (χ1) is 11.0. The average molecular weight is 333 g/mol. The van der Waals surface area contributed by atoms with E-state index < -0.39 is 0 Å². The van der Waals surface area contributed by atoms with Gasteiger partial charge in [0.15, 0.2) is 0 Å². The summed E-state index contributed by atoms with van der Waals surface area (Å²) in [6.07, 6.45) is 4.26. The lowest BCUT2D eigenvalue weighted by atomic mass is 10.2. The van der Waals surface area contributed by atoms with Crippen molar-refractivity contribution in [2.75, 3.05) is 4.90 Å². The highest BCUT2D eigenvalue weighted by atomic mass is 35.5. The number of aryl methyl sites for hydroxylation is 1. The van der Waals surface area contributed by atoms with Crippen molar-refractivity contribution in [2.45, 2.75) is 52.3 Å². The van der Waals surface area contributed by atoms with E-state index in [2.05, 4.69) is 19.9 Å². The van der Waals surface area contributed by atoms with Crippen molar-refractivity contribution in [1.29, 1.82) is 0 Å². The molecule has 0 N–H and O–H groups in total. The Balaban J connectivity index is 1.83. The van der Waals surface area contributed by atoms with Crippen LogP contribution < -0.4 is 9.64 Å². The topological polar surface area (TPSA) is 51.1 Å². The predicted octanol–water partition coefficient (Wildman–Crippen LogP) is 3.79. The Morgan fingerprint density at radius 1 is 1.30 bits per heavy atom. The standard InChI is InChI=1S/C17H21ClN4O/c1-11(2)23-17-8-13(6-7-19-17)10-22(14-4-5-14)16-9-15(18)20-12(3)21-16/h6-9,11,14H,4-5,10H2,1-3H3. The molecule has 2 heterocycles. The highest BCUT2D eigenvalue weighted by molar-refractivity contribution is 6.29. The molecule has 0 aromatic carbocycles. The van der Waals surface area contributed by atoms with Gasteiger partial charge in [-0.05, 0) is 45.2 Å². The predicted molar refractivity (Wildman–Crippen MR) is 91.0 cm³/mol. The molecular weight excluding hydrogens is 312 g/mol. The monoisotopic (exact) mass is 332 g/mol. The molecule has 1 aliphatic rings. The summed E-state index contributed by atoms with van der Waals surface area (Å²) in [5, 5.41) is 0.483. The van der Waals surface area contributed by atoms with Crippen molar-refractivity contribution in [3.8, 4) is 5.88 Å². The van der Waals surface area contributed by atoms with Gasteiger partial charge in [0.05, 0.1) is 6.10 Å². The van der Waals surface area contributed by atoms with Gasteiger partial charge >= 0.3 is 0 Å². The molecule has 0 aliphatic heterocycles. The summed E-state index contributed by atoms with van der Waals surface area (Å²) >= 11 is 6.10. The molecular formula is C17H21ClN4O. The van der Waals surface area contributed by atoms with Crippen LogP contribution in [0.2, 0.25) is 5.15 Å². The van der Waals surface area contributed by atoms with Gasteiger partial charge in [-0.15, -0.1) is 0 Å². The lowest BCUT2D eigenvalue weighted by molar-refractivity contribution is 0.232. The first-order valence-corrected chi connectivity index (χ1v) is 8.28. The van der Waals surface area contributed by atoms with Crippen LogP contribution in [0.25, 0.3) is 0 Å². The summed E-state index contributed by atoms with van der Waals surface area (Å²) in [7, 11) is 0. The first kappa shape index (κ1) is 16.0. The van der Waals surface area contributed by atoms with Gasteiger partial charge in [-0.3, -0.25) is 0 Å². The van der Waals surface area contributed by atoms with Crippen molar-refractivity contribution in [3.63, 3.8) is 0 Å². The smallest absolute Gasteiger partial charge is 0.213 e. The zero-order valence-corrected chi connectivity index (χ0v) is 14.4. The Kier molecular flexibility index (Phi) is 4.66. The fourth-order valence-corrected chi connectivity index (χ4v) is 2.72. The zero-order valence-electron chi connectivity index (χ0n) is 13.7. The third kappa shape index (κ3) is 4.32. The average Bonchev–Trinajstić information content (AvgIpc) is 3.28. The van der Waals surface area contributed by atoms with Gasteiger partial charge in [-0.25, -0.2) is 15.0 Å². The molecule has 3 rings (SSSR count). The summed E-state index contributed by atoms with van der Waals surface area (Å²) in [5.41, 5.74) is 1.15. The van der Waals surface area contributed by atoms with Crippen molar-refractivity contribution in [1.82, 2.24) is 15.0 Å². The number of anilines is 1. The van der Waals surface area contributed by atoms with Crippen LogP contribution in [0.3, 0.4) is 0 Å². The molecule has 122 valence electrons. The highest BCUT2D eigenvalue weighted by Gasteiger charge is 2.30. The number of ether oxygens (including phenoxy) is 1. The molecule has 2 aromatic rings. The molecule has 0 radical (unpaired) electrons. The van der Waals surface area contributed by atoms with Crippen LogP contribution in [0.1, 0.15) is 38.1 Å². The van der Waals surface area contributed by atoms with E-state index >= 15 is 0 Å². The second-order valence-electron chi connectivity index (χ2n) is 6.12. The fraction of sp³-hybridized carbons (Fsp3) is 0.471. The Bertz CT molecular complexity index is 668. The molecule has 5 nitrogen and oxygen atoms in total. The maximum atomic E-state index is 6.10. The van der Waals surface area contributed by atoms with Crippen molar-refractivity contribution < 1.29 is 4.74 Å². The van der Waals surface area contributed by atoms with Crippen LogP contribution in [0.15, 0.2) is 24.4 Å². The molecule has 1 saturated carbocycles. The van der Waals surface area contributed by atoms with E-state index in [0.29, 0.717) is 22.9 Å². The van der Waals surface area contributed by atoms with Crippen LogP contribution in [0.5, 0.6) is 5.88 Å². The van der Waals surface area contributed by atoms with Crippen LogP contribution in [0, 0.1) is 6.92 Å². The third-order valence-corrected chi connectivity index (χ3v) is 3.78. The molecule has 0 atom stereocenters. The molecule has 0 saturated heterocycles. The molecule has 1 fully saturated rings. The van der Waals surface area contributed by atoms with E-state index in [1.165, 1.54) is 12.8 Å². The molecule has 0 unspecified atom stereocenters. The first-order valence-electron chi connectivity index (χ1n) is 7.90. The summed E-state index contributed by atoms with van der Waals surface area (Å²) in [5.74, 6) is 2.23. The molecule has 6 heteroatoms. The Morgan fingerprint density at radius 2 is 2.09 bits per heavy atom. The minimum atomic E-state index is 0.112. The number of halogens is 1. The van der Waals surface area contributed by atoms with Crippen molar-refractivity contribution in [2.24, 2.45) is 0 Å². The highest BCUT2D eigenvalue weighted by Crippen LogP contribution is 2.33. The number of nitrogens with zero attached hydrogens (tertiary/aromatic N) is 4. The Labute approximate surface area is 141 Å². The van der Waals surface area contributed by atoms with Gasteiger partial charge < -0.3 is 9.64 Å². The lowest BCUT2D eigenvalue weighted by Gasteiger charge is -2.24. The van der Waals surface area contributed by atoms with Crippen LogP contribution in [-0.2, 0) is 6.54 Å². The quantitative estimate of drug-likeness (QED) is 0.753. The van der Waals surface area contributed by atoms with E-state index in [4.69, 9.17) is 16.3 Å². The van der Waals surface area contributed by atoms with E-state index in [-0.39, 0.29) is 6.10 Å². The normalized spacial score (nSPS) is 14.1. The van der Waals surface area contributed by atoms with Crippen LogP contribution >= 0.6 is 11.6 Å². The van der Waals surface area contributed by atoms with E-state index in [0.717, 1.165) is 17.9 Å². The molecule has 2 aromatic heterocycles. The number of rotatable bonds is 6. The number of hydrogen-bond donors (Lipinski definition) is 0. The van der Waals surface area contributed by atoms with Crippen molar-refractivity contribution in [3.05, 3.63) is 40.9 Å². The molecule has 0 bridgehead atoms. The number of pyridine rings is 1. The third-order valence-electron chi connectivity index (χ3n) is 3.58. The minimum Gasteiger partial charge on any atom is -0.475 e. The van der Waals surface area contributed by atoms with E-state index in [1.807, 2.05) is 39.0 Å². The van der Waals surface area contributed by atoms with Crippen molar-refractivity contribution >= 4 is 17.4 Å². The van der Waals surface area contributed by atoms with Gasteiger partial charge in [0.2, 0.25) is 5.88 Å². The molecule has 23 heavy (non-hydrogen) atoms. The Morgan fingerprint density at radius 3 is 2.74 bits per heavy atom. The summed E-state index contributed by atoms with van der Waals surface area (Å²) in [4.78, 5) is 15.2. The zero-order chi connectivity index (χ0) is 16.4. The molecule has 0 amide bonds. The largest absolute Gasteiger partial charge is 0.475 e. The maximum absolute atomic E-state index is 6.10. The number of aromatic nitrogens is 3. The number of hydrogen-bond acceptors (Lipinski definition) is 5. The lowest BCUT2D eigenvalue weighted by Crippen LogP contribution is -2.26. The summed E-state index contributed by atoms with van der Waals surface area (Å²) in [6, 6.07) is 6.35. The molecule has 0 spiro atoms. The second-order valence-corrected chi connectivity index (χ2v) is 6.51. The second kappa shape index (κ2) is 6.71. The fourth-order valence-electron chi connectivity index (χ4n) is 2.50. The van der Waals surface area contributed by atoms with Crippen LogP contribution in [0.4, 0.5) is 5.82 Å². The van der Waals surface area contributed by atoms with Crippen LogP contribution in [-0.4, -0.2) is 27.1 Å². The SMILES string of the molecule is Cc1nc(Cl)cc(N(Cc2ccnc(OC(C)C)c2)C2CC2)n1.